The first-order chi connectivity index (χ1) is 25.2. The minimum atomic E-state index is -0.560. The summed E-state index contributed by atoms with van der Waals surface area (Å²) >= 11 is 0. The Morgan fingerprint density at radius 3 is 2.02 bits per heavy atom. The predicted molar refractivity (Wildman–Crippen MR) is 209 cm³/mol. The van der Waals surface area contributed by atoms with Crippen molar-refractivity contribution in [3.63, 3.8) is 0 Å². The first-order valence-electron chi connectivity index (χ1n) is 17.5. The highest BCUT2D eigenvalue weighted by Gasteiger charge is 2.50. The van der Waals surface area contributed by atoms with E-state index >= 15 is 0 Å². The first-order valence-corrected chi connectivity index (χ1v) is 17.5. The molecule has 4 N–H and O–H groups in total. The molecule has 3 heterocycles. The molecule has 2 aliphatic heterocycles. The second kappa shape index (κ2) is 12.5. The minimum absolute atomic E-state index is 0.560. The Morgan fingerprint density at radius 2 is 1.22 bits per heavy atom. The van der Waals surface area contributed by atoms with Gasteiger partial charge in [-0.1, -0.05) is 158 Å². The van der Waals surface area contributed by atoms with Crippen molar-refractivity contribution in [3.8, 4) is 17.2 Å². The molecule has 0 radical (unpaired) electrons. The lowest BCUT2D eigenvalue weighted by Crippen LogP contribution is -2.38. The van der Waals surface area contributed by atoms with Gasteiger partial charge < -0.3 is 20.8 Å². The molecular weight excluding hydrogens is 623 g/mol. The average molecular weight is 660 g/mol. The number of rotatable bonds is 4. The van der Waals surface area contributed by atoms with Crippen molar-refractivity contribution < 1.29 is 4.74 Å². The lowest BCUT2D eigenvalue weighted by atomic mass is 9.61. The molecule has 7 aromatic carbocycles. The van der Waals surface area contributed by atoms with Gasteiger partial charge in [0.05, 0.1) is 22.1 Å². The van der Waals surface area contributed by atoms with Crippen molar-refractivity contribution in [3.05, 3.63) is 215 Å². The zero-order valence-electron chi connectivity index (χ0n) is 28.2. The van der Waals surface area contributed by atoms with Crippen LogP contribution in [0.5, 0.6) is 11.5 Å². The predicted octanol–water partition coefficient (Wildman–Crippen LogP) is 10.3. The molecule has 0 amide bonds. The molecule has 51 heavy (non-hydrogen) atoms. The summed E-state index contributed by atoms with van der Waals surface area (Å²) in [5, 5.41) is 2.53. The van der Waals surface area contributed by atoms with Crippen molar-refractivity contribution in [1.82, 2.24) is 4.57 Å². The average Bonchev–Trinajstić information content (AvgIpc) is 3.55. The van der Waals surface area contributed by atoms with Crippen LogP contribution < -0.4 is 16.2 Å². The second-order valence-corrected chi connectivity index (χ2v) is 13.1. The van der Waals surface area contributed by atoms with E-state index in [9.17, 15) is 0 Å². The topological polar surface area (TPSA) is 66.2 Å². The number of para-hydroxylation sites is 5. The molecule has 246 valence electrons. The third-order valence-electron chi connectivity index (χ3n) is 10.4. The Hall–Kier alpha value is -6.36. The van der Waals surface area contributed by atoms with Crippen molar-refractivity contribution >= 4 is 27.5 Å². The van der Waals surface area contributed by atoms with Crippen LogP contribution in [0.2, 0.25) is 0 Å². The van der Waals surface area contributed by atoms with E-state index in [-0.39, 0.29) is 0 Å². The maximum atomic E-state index is 6.86. The number of hydrogen-bond donors (Lipinski definition) is 2. The third-order valence-corrected chi connectivity index (χ3v) is 10.4. The highest BCUT2D eigenvalue weighted by Crippen LogP contribution is 2.60. The molecule has 1 atom stereocenters. The van der Waals surface area contributed by atoms with E-state index < -0.39 is 5.41 Å². The van der Waals surface area contributed by atoms with Crippen molar-refractivity contribution in [2.24, 2.45) is 11.5 Å². The molecule has 1 aromatic heterocycles. The molecule has 0 saturated carbocycles. The van der Waals surface area contributed by atoms with E-state index in [1.165, 1.54) is 44.2 Å². The minimum Gasteiger partial charge on any atom is -0.456 e. The normalized spacial score (nSPS) is 15.4. The van der Waals surface area contributed by atoms with Crippen LogP contribution in [0.25, 0.3) is 33.2 Å². The summed E-state index contributed by atoms with van der Waals surface area (Å²) < 4.78 is 9.32. The number of nitrogens with two attached hydrogens (primary N) is 2. The van der Waals surface area contributed by atoms with Gasteiger partial charge in [0.1, 0.15) is 11.5 Å². The Balaban J connectivity index is 0.000000387. The van der Waals surface area contributed by atoms with Crippen LogP contribution in [0, 0.1) is 0 Å². The highest BCUT2D eigenvalue weighted by atomic mass is 16.5. The van der Waals surface area contributed by atoms with Crippen molar-refractivity contribution in [2.75, 3.05) is 0 Å². The van der Waals surface area contributed by atoms with Crippen LogP contribution in [0.3, 0.4) is 0 Å². The van der Waals surface area contributed by atoms with E-state index in [2.05, 4.69) is 120 Å². The molecule has 0 aliphatic carbocycles. The van der Waals surface area contributed by atoms with Gasteiger partial charge >= 0.3 is 0 Å². The van der Waals surface area contributed by atoms with Gasteiger partial charge in [0.2, 0.25) is 0 Å². The molecule has 10 rings (SSSR count). The zero-order chi connectivity index (χ0) is 34.4. The molecule has 1 spiro atoms. The first kappa shape index (κ1) is 30.7. The fourth-order valence-corrected chi connectivity index (χ4v) is 8.15. The third kappa shape index (κ3) is 4.79. The van der Waals surface area contributed by atoms with E-state index in [1.54, 1.807) is 0 Å². The summed E-state index contributed by atoms with van der Waals surface area (Å²) in [5.74, 6) is 1.80. The van der Waals surface area contributed by atoms with Gasteiger partial charge in [-0.05, 0) is 52.4 Å². The van der Waals surface area contributed by atoms with Crippen molar-refractivity contribution in [1.29, 1.82) is 0 Å². The SMILES string of the molecule is N/C(=C\Cc1cccc2c1Oc1ccccc1C21c2ccccc2-n2c3ccccc3c3cccc1c32)c1ccccc1.NCc1ccccc1. The number of fused-ring (bicyclic) bond motifs is 11. The van der Waals surface area contributed by atoms with Gasteiger partial charge in [-0.25, -0.2) is 0 Å². The quantitative estimate of drug-likeness (QED) is 0.198. The maximum Gasteiger partial charge on any atom is 0.135 e. The van der Waals surface area contributed by atoms with E-state index in [0.29, 0.717) is 13.0 Å². The van der Waals surface area contributed by atoms with Gasteiger partial charge in [-0.2, -0.15) is 0 Å². The summed E-state index contributed by atoms with van der Waals surface area (Å²) in [6, 6.07) is 59.7. The zero-order valence-corrected chi connectivity index (χ0v) is 28.2. The van der Waals surface area contributed by atoms with Crippen molar-refractivity contribution in [2.45, 2.75) is 18.4 Å². The Kier molecular flexibility index (Phi) is 7.53. The molecule has 1 unspecified atom stereocenters. The standard InChI is InChI=1S/C40H28N2O.C7H9N/c41-34(26-12-2-1-3-13-26)25-24-27-14-10-20-33-39(27)43-37-23-9-6-18-31(37)40(33)30-17-5-8-22-36(30)42-35-21-7-4-15-28(35)29-16-11-19-32(40)38(29)42;8-6-7-4-2-1-3-5-7/h1-23,25H,24,41H2;1-5H,6,8H2/b34-25-;. The van der Waals surface area contributed by atoms with Gasteiger partial charge in [0.15, 0.2) is 0 Å². The summed E-state index contributed by atoms with van der Waals surface area (Å²) in [7, 11) is 0. The van der Waals surface area contributed by atoms with Crippen LogP contribution >= 0.6 is 0 Å². The Labute approximate surface area is 297 Å². The molecule has 4 nitrogen and oxygen atoms in total. The summed E-state index contributed by atoms with van der Waals surface area (Å²) in [4.78, 5) is 0. The molecule has 0 fully saturated rings. The fourth-order valence-electron chi connectivity index (χ4n) is 8.15. The lowest BCUT2D eigenvalue weighted by Gasteiger charge is -2.45. The van der Waals surface area contributed by atoms with Gasteiger partial charge in [-0.3, -0.25) is 0 Å². The van der Waals surface area contributed by atoms with Gasteiger partial charge in [0.25, 0.3) is 0 Å². The fraction of sp³-hybridized carbons (Fsp3) is 0.0638. The smallest absolute Gasteiger partial charge is 0.135 e. The maximum absolute atomic E-state index is 6.86. The van der Waals surface area contributed by atoms with E-state index in [0.717, 1.165) is 39.4 Å². The lowest BCUT2D eigenvalue weighted by molar-refractivity contribution is 0.429. The summed E-state index contributed by atoms with van der Waals surface area (Å²) in [5.41, 5.74) is 24.0. The van der Waals surface area contributed by atoms with Crippen LogP contribution in [0.1, 0.15) is 38.9 Å². The number of allylic oxidation sites excluding steroid dienone is 1. The monoisotopic (exact) mass is 659 g/mol. The summed E-state index contributed by atoms with van der Waals surface area (Å²) in [6.45, 7) is 0.640. The number of benzene rings is 7. The molecular formula is C47H37N3O. The number of ether oxygens (including phenoxy) is 1. The Bertz CT molecular complexity index is 2590. The molecule has 2 aliphatic rings. The number of aromatic nitrogens is 1. The summed E-state index contributed by atoms with van der Waals surface area (Å²) in [6.07, 6.45) is 2.77. The largest absolute Gasteiger partial charge is 0.456 e. The molecule has 4 heteroatoms. The Morgan fingerprint density at radius 1 is 0.588 bits per heavy atom. The molecule has 0 saturated heterocycles. The second-order valence-electron chi connectivity index (χ2n) is 13.1. The van der Waals surface area contributed by atoms with Crippen LogP contribution in [0.15, 0.2) is 176 Å². The number of nitrogens with zero attached hydrogens (tertiary/aromatic N) is 1. The molecule has 8 aromatic rings. The van der Waals surface area contributed by atoms with E-state index in [4.69, 9.17) is 16.2 Å². The van der Waals surface area contributed by atoms with Crippen LogP contribution in [0.4, 0.5) is 0 Å². The highest BCUT2D eigenvalue weighted by molar-refractivity contribution is 6.12. The van der Waals surface area contributed by atoms with Gasteiger partial charge in [0, 0.05) is 34.1 Å². The van der Waals surface area contributed by atoms with Crippen LogP contribution in [-0.2, 0) is 18.4 Å². The van der Waals surface area contributed by atoms with Crippen LogP contribution in [-0.4, -0.2) is 4.57 Å². The molecule has 0 bridgehead atoms. The van der Waals surface area contributed by atoms with E-state index in [1.807, 2.05) is 60.7 Å². The number of hydrogen-bond acceptors (Lipinski definition) is 3. The van der Waals surface area contributed by atoms with Gasteiger partial charge in [-0.15, -0.1) is 0 Å².